The van der Waals surface area contributed by atoms with E-state index in [1.54, 1.807) is 12.1 Å². The molecule has 138 valence electrons. The molecule has 0 aromatic heterocycles. The molecule has 1 aliphatic heterocycles. The molecule has 1 unspecified atom stereocenters. The predicted octanol–water partition coefficient (Wildman–Crippen LogP) is 2.51. The zero-order valence-corrected chi connectivity index (χ0v) is 15.4. The fourth-order valence-corrected chi connectivity index (χ4v) is 4.06. The van der Waals surface area contributed by atoms with Gasteiger partial charge in [-0.3, -0.25) is 9.89 Å². The summed E-state index contributed by atoms with van der Waals surface area (Å²) in [6, 6.07) is 8.81. The van der Waals surface area contributed by atoms with Crippen molar-refractivity contribution in [3.8, 4) is 5.75 Å². The molecule has 5 heteroatoms. The number of phenols is 1. The van der Waals surface area contributed by atoms with Gasteiger partial charge in [-0.1, -0.05) is 25.0 Å². The molecule has 1 saturated carbocycles. The van der Waals surface area contributed by atoms with Crippen molar-refractivity contribution in [3.05, 3.63) is 29.8 Å². The first-order valence-corrected chi connectivity index (χ1v) is 9.74. The average molecular weight is 345 g/mol. The zero-order valence-electron chi connectivity index (χ0n) is 15.4. The third-order valence-corrected chi connectivity index (χ3v) is 5.50. The molecule has 25 heavy (non-hydrogen) atoms. The van der Waals surface area contributed by atoms with Gasteiger partial charge in [0.25, 0.3) is 0 Å². The minimum Gasteiger partial charge on any atom is -0.508 e. The van der Waals surface area contributed by atoms with E-state index in [-0.39, 0.29) is 0 Å². The monoisotopic (exact) mass is 344 g/mol. The summed E-state index contributed by atoms with van der Waals surface area (Å²) in [5.74, 6) is 1.25. The van der Waals surface area contributed by atoms with E-state index in [4.69, 9.17) is 0 Å². The standard InChI is InChI=1S/C20H32N4O/c1-21-20(22-13-4-5-16-8-10-19(25)11-9-16)23-17-12-14-24(15-17)18-6-2-3-7-18/h8-11,17-18,25H,2-7,12-15H2,1H3,(H2,21,22,23). The number of aliphatic imine (C=N–C) groups is 1. The number of aryl methyl sites for hydroxylation is 1. The summed E-state index contributed by atoms with van der Waals surface area (Å²) < 4.78 is 0. The summed E-state index contributed by atoms with van der Waals surface area (Å²) in [5.41, 5.74) is 1.26. The third kappa shape index (κ3) is 5.36. The molecule has 1 heterocycles. The van der Waals surface area contributed by atoms with Crippen LogP contribution in [0.4, 0.5) is 0 Å². The van der Waals surface area contributed by atoms with Crippen LogP contribution in [0.15, 0.2) is 29.3 Å². The van der Waals surface area contributed by atoms with Gasteiger partial charge in [-0.25, -0.2) is 0 Å². The van der Waals surface area contributed by atoms with Crippen LogP contribution in [0.25, 0.3) is 0 Å². The molecule has 1 aliphatic carbocycles. The van der Waals surface area contributed by atoms with Gasteiger partial charge in [0, 0.05) is 38.8 Å². The van der Waals surface area contributed by atoms with Crippen molar-refractivity contribution in [1.82, 2.24) is 15.5 Å². The van der Waals surface area contributed by atoms with Gasteiger partial charge in [-0.2, -0.15) is 0 Å². The molecule has 2 aliphatic rings. The Kier molecular flexibility index (Phi) is 6.56. The first-order valence-electron chi connectivity index (χ1n) is 9.74. The Morgan fingerprint density at radius 3 is 2.68 bits per heavy atom. The van der Waals surface area contributed by atoms with Crippen LogP contribution in [0.1, 0.15) is 44.1 Å². The second-order valence-electron chi connectivity index (χ2n) is 7.33. The number of nitrogens with zero attached hydrogens (tertiary/aromatic N) is 2. The minimum absolute atomic E-state index is 0.328. The van der Waals surface area contributed by atoms with Gasteiger partial charge in [0.05, 0.1) is 0 Å². The van der Waals surface area contributed by atoms with Crippen molar-refractivity contribution >= 4 is 5.96 Å². The Labute approximate surface area is 151 Å². The van der Waals surface area contributed by atoms with Gasteiger partial charge in [-0.15, -0.1) is 0 Å². The maximum absolute atomic E-state index is 9.32. The molecule has 1 saturated heterocycles. The highest BCUT2D eigenvalue weighted by Gasteiger charge is 2.30. The molecule has 1 aromatic rings. The topological polar surface area (TPSA) is 59.9 Å². The van der Waals surface area contributed by atoms with Crippen molar-refractivity contribution < 1.29 is 5.11 Å². The van der Waals surface area contributed by atoms with Crippen LogP contribution in [-0.2, 0) is 6.42 Å². The number of rotatable bonds is 6. The molecule has 0 spiro atoms. The fraction of sp³-hybridized carbons (Fsp3) is 0.650. The lowest BCUT2D eigenvalue weighted by Gasteiger charge is -2.24. The Balaban J connectivity index is 1.34. The predicted molar refractivity (Wildman–Crippen MR) is 103 cm³/mol. The average Bonchev–Trinajstić information content (AvgIpc) is 3.30. The van der Waals surface area contributed by atoms with Crippen molar-refractivity contribution in [2.75, 3.05) is 26.7 Å². The van der Waals surface area contributed by atoms with Crippen molar-refractivity contribution in [2.24, 2.45) is 4.99 Å². The Bertz CT molecular complexity index is 551. The number of benzene rings is 1. The van der Waals surface area contributed by atoms with E-state index in [9.17, 15) is 5.11 Å². The normalized spacial score (nSPS) is 22.4. The summed E-state index contributed by atoms with van der Waals surface area (Å²) in [5, 5.41) is 16.3. The van der Waals surface area contributed by atoms with Gasteiger partial charge >= 0.3 is 0 Å². The van der Waals surface area contributed by atoms with Crippen LogP contribution < -0.4 is 10.6 Å². The van der Waals surface area contributed by atoms with Gasteiger partial charge in [0.1, 0.15) is 5.75 Å². The van der Waals surface area contributed by atoms with Crippen LogP contribution in [-0.4, -0.2) is 54.7 Å². The number of hydrogen-bond donors (Lipinski definition) is 3. The summed E-state index contributed by atoms with van der Waals surface area (Å²) in [4.78, 5) is 7.04. The Morgan fingerprint density at radius 1 is 1.20 bits per heavy atom. The van der Waals surface area contributed by atoms with Crippen LogP contribution in [0.2, 0.25) is 0 Å². The first-order chi connectivity index (χ1) is 12.2. The number of nitrogens with one attached hydrogen (secondary N) is 2. The quantitative estimate of drug-likeness (QED) is 0.422. The second-order valence-corrected chi connectivity index (χ2v) is 7.33. The van der Waals surface area contributed by atoms with Crippen molar-refractivity contribution in [1.29, 1.82) is 0 Å². The number of hydrogen-bond acceptors (Lipinski definition) is 3. The summed E-state index contributed by atoms with van der Waals surface area (Å²) in [6.45, 7) is 3.28. The Hall–Kier alpha value is -1.75. The van der Waals surface area contributed by atoms with Gasteiger partial charge < -0.3 is 15.7 Å². The van der Waals surface area contributed by atoms with Crippen LogP contribution in [0.3, 0.4) is 0 Å². The first kappa shape index (κ1) is 18.1. The summed E-state index contributed by atoms with van der Waals surface area (Å²) in [6.07, 6.45) is 8.85. The minimum atomic E-state index is 0.328. The molecule has 1 aromatic carbocycles. The molecule has 0 bridgehead atoms. The van der Waals surface area contributed by atoms with E-state index in [0.29, 0.717) is 11.8 Å². The summed E-state index contributed by atoms with van der Waals surface area (Å²) in [7, 11) is 1.85. The maximum Gasteiger partial charge on any atom is 0.191 e. The molecule has 0 amide bonds. The van der Waals surface area contributed by atoms with E-state index in [0.717, 1.165) is 37.9 Å². The van der Waals surface area contributed by atoms with E-state index >= 15 is 0 Å². The Morgan fingerprint density at radius 2 is 1.96 bits per heavy atom. The second kappa shape index (κ2) is 9.09. The summed E-state index contributed by atoms with van der Waals surface area (Å²) >= 11 is 0. The van der Waals surface area contributed by atoms with E-state index < -0.39 is 0 Å². The molecular weight excluding hydrogens is 312 g/mol. The lowest BCUT2D eigenvalue weighted by molar-refractivity contribution is 0.242. The van der Waals surface area contributed by atoms with Gasteiger partial charge in [0.2, 0.25) is 0 Å². The third-order valence-electron chi connectivity index (χ3n) is 5.50. The number of guanidine groups is 1. The number of aromatic hydroxyl groups is 1. The molecule has 2 fully saturated rings. The zero-order chi connectivity index (χ0) is 17.5. The molecular formula is C20H32N4O. The molecule has 5 nitrogen and oxygen atoms in total. The SMILES string of the molecule is CN=C(NCCCc1ccc(O)cc1)NC1CCN(C2CCCC2)C1. The van der Waals surface area contributed by atoms with Crippen LogP contribution in [0, 0.1) is 0 Å². The van der Waals surface area contributed by atoms with E-state index in [1.807, 2.05) is 19.2 Å². The number of likely N-dealkylation sites (tertiary alicyclic amines) is 1. The van der Waals surface area contributed by atoms with Gasteiger partial charge in [-0.05, 0) is 49.8 Å². The molecule has 0 radical (unpaired) electrons. The lowest BCUT2D eigenvalue weighted by atomic mass is 10.1. The van der Waals surface area contributed by atoms with Crippen LogP contribution in [0.5, 0.6) is 5.75 Å². The molecule has 3 rings (SSSR count). The molecule has 1 atom stereocenters. The number of phenolic OH excluding ortho intramolecular Hbond substituents is 1. The fourth-order valence-electron chi connectivity index (χ4n) is 4.06. The molecule has 3 N–H and O–H groups in total. The van der Waals surface area contributed by atoms with E-state index in [2.05, 4.69) is 20.5 Å². The van der Waals surface area contributed by atoms with E-state index in [1.165, 1.54) is 44.2 Å². The highest BCUT2D eigenvalue weighted by Crippen LogP contribution is 2.26. The highest BCUT2D eigenvalue weighted by atomic mass is 16.3. The maximum atomic E-state index is 9.32. The largest absolute Gasteiger partial charge is 0.508 e. The van der Waals surface area contributed by atoms with Gasteiger partial charge in [0.15, 0.2) is 5.96 Å². The smallest absolute Gasteiger partial charge is 0.191 e. The van der Waals surface area contributed by atoms with Crippen molar-refractivity contribution in [2.45, 2.75) is 57.0 Å². The highest BCUT2D eigenvalue weighted by molar-refractivity contribution is 5.80. The van der Waals surface area contributed by atoms with Crippen LogP contribution >= 0.6 is 0 Å². The lowest BCUT2D eigenvalue weighted by Crippen LogP contribution is -2.45. The van der Waals surface area contributed by atoms with Crippen molar-refractivity contribution in [3.63, 3.8) is 0 Å².